The Labute approximate surface area is 391 Å². The SMILES string of the molecule is CCCCCCCCC/C=C\CCCCCCCC(=O)NC(COC1OC(CO)C(O)C(OS(=O)(=O)O)C1O)C(O)/C=C/CCCCCCCCCCCCCCCCCCCCC. The second-order valence-corrected chi connectivity index (χ2v) is 19.5. The highest BCUT2D eigenvalue weighted by Crippen LogP contribution is 2.26. The maximum absolute atomic E-state index is 13.1. The fourth-order valence-electron chi connectivity index (χ4n) is 8.39. The Morgan fingerprint density at radius 1 is 0.609 bits per heavy atom. The minimum Gasteiger partial charge on any atom is -0.394 e. The lowest BCUT2D eigenvalue weighted by Crippen LogP contribution is -2.61. The van der Waals surface area contributed by atoms with E-state index in [2.05, 4.69) is 35.5 Å². The zero-order valence-corrected chi connectivity index (χ0v) is 41.4. The molecule has 13 heteroatoms. The van der Waals surface area contributed by atoms with Gasteiger partial charge in [-0.05, 0) is 44.9 Å². The normalized spacial score (nSPS) is 20.4. The highest BCUT2D eigenvalue weighted by atomic mass is 32.3. The third kappa shape index (κ3) is 34.0. The average Bonchev–Trinajstić information content (AvgIpc) is 3.27. The fraction of sp³-hybridized carbons (Fsp3) is 0.902. The van der Waals surface area contributed by atoms with Gasteiger partial charge in [0.1, 0.15) is 24.4 Å². The van der Waals surface area contributed by atoms with E-state index in [1.807, 2.05) is 6.08 Å². The summed E-state index contributed by atoms with van der Waals surface area (Å²) in [5.74, 6) is -0.269. The van der Waals surface area contributed by atoms with Crippen molar-refractivity contribution in [1.29, 1.82) is 0 Å². The molecule has 1 saturated heterocycles. The van der Waals surface area contributed by atoms with Gasteiger partial charge in [0.05, 0.1) is 25.4 Å². The fourth-order valence-corrected chi connectivity index (χ4v) is 8.90. The van der Waals surface area contributed by atoms with Crippen LogP contribution in [0, 0.1) is 0 Å². The molecule has 0 aromatic carbocycles. The van der Waals surface area contributed by atoms with Crippen LogP contribution in [0.5, 0.6) is 0 Å². The van der Waals surface area contributed by atoms with Gasteiger partial charge in [-0.2, -0.15) is 8.42 Å². The van der Waals surface area contributed by atoms with Crippen LogP contribution in [0.1, 0.15) is 239 Å². The monoisotopic (exact) mass is 932 g/mol. The average molecular weight is 932 g/mol. The maximum Gasteiger partial charge on any atom is 0.397 e. The Balaban J connectivity index is 2.45. The summed E-state index contributed by atoms with van der Waals surface area (Å²) < 4.78 is 47.7. The number of aliphatic hydroxyl groups is 4. The van der Waals surface area contributed by atoms with Crippen molar-refractivity contribution >= 4 is 16.3 Å². The number of ether oxygens (including phenoxy) is 2. The number of hydrogen-bond acceptors (Lipinski definition) is 10. The van der Waals surface area contributed by atoms with Gasteiger partial charge < -0.3 is 35.2 Å². The van der Waals surface area contributed by atoms with Crippen LogP contribution in [-0.2, 0) is 28.9 Å². The first kappa shape index (κ1) is 60.6. The smallest absolute Gasteiger partial charge is 0.394 e. The van der Waals surface area contributed by atoms with Crippen molar-refractivity contribution < 1.29 is 51.8 Å². The van der Waals surface area contributed by atoms with Gasteiger partial charge in [0.15, 0.2) is 6.29 Å². The minimum absolute atomic E-state index is 0.260. The number of amides is 1. The van der Waals surface area contributed by atoms with E-state index in [1.54, 1.807) is 6.08 Å². The number of carbonyl (C=O) groups excluding carboxylic acids is 1. The van der Waals surface area contributed by atoms with Crippen molar-refractivity contribution in [1.82, 2.24) is 5.32 Å². The zero-order chi connectivity index (χ0) is 46.9. The van der Waals surface area contributed by atoms with Gasteiger partial charge in [0.2, 0.25) is 5.91 Å². The number of hydrogen-bond donors (Lipinski definition) is 6. The summed E-state index contributed by atoms with van der Waals surface area (Å²) in [6.45, 7) is 3.40. The highest BCUT2D eigenvalue weighted by molar-refractivity contribution is 7.80. The molecule has 1 amide bonds. The van der Waals surface area contributed by atoms with Gasteiger partial charge in [-0.15, -0.1) is 0 Å². The third-order valence-electron chi connectivity index (χ3n) is 12.5. The van der Waals surface area contributed by atoms with Crippen LogP contribution in [0.4, 0.5) is 0 Å². The molecule has 378 valence electrons. The molecular formula is C51H97NO11S. The summed E-state index contributed by atoms with van der Waals surface area (Å²) >= 11 is 0. The lowest BCUT2D eigenvalue weighted by atomic mass is 9.99. The van der Waals surface area contributed by atoms with Crippen molar-refractivity contribution in [3.8, 4) is 0 Å². The van der Waals surface area contributed by atoms with Crippen LogP contribution >= 0.6 is 0 Å². The largest absolute Gasteiger partial charge is 0.397 e. The number of carbonyl (C=O) groups is 1. The van der Waals surface area contributed by atoms with Crippen LogP contribution in [0.2, 0.25) is 0 Å². The van der Waals surface area contributed by atoms with Crippen LogP contribution in [0.25, 0.3) is 0 Å². The number of unbranched alkanes of at least 4 members (excludes halogenated alkanes) is 31. The maximum atomic E-state index is 13.1. The molecule has 0 saturated carbocycles. The minimum atomic E-state index is -5.09. The third-order valence-corrected chi connectivity index (χ3v) is 12.9. The molecule has 7 atom stereocenters. The van der Waals surface area contributed by atoms with Crippen molar-refractivity contribution in [3.63, 3.8) is 0 Å². The lowest BCUT2D eigenvalue weighted by Gasteiger charge is -2.41. The van der Waals surface area contributed by atoms with Crippen molar-refractivity contribution in [2.45, 2.75) is 281 Å². The Bertz CT molecular complexity index is 1230. The summed E-state index contributed by atoms with van der Waals surface area (Å²) in [7, 11) is -5.09. The molecule has 0 aromatic heterocycles. The van der Waals surface area contributed by atoms with Crippen LogP contribution < -0.4 is 5.32 Å². The zero-order valence-electron chi connectivity index (χ0n) is 40.6. The molecule has 64 heavy (non-hydrogen) atoms. The predicted octanol–water partition coefficient (Wildman–Crippen LogP) is 11.3. The van der Waals surface area contributed by atoms with Gasteiger partial charge in [-0.3, -0.25) is 9.35 Å². The molecule has 0 bridgehead atoms. The summed E-state index contributed by atoms with van der Waals surface area (Å²) in [6, 6.07) is -0.946. The number of aliphatic hydroxyl groups excluding tert-OH is 4. The summed E-state index contributed by atoms with van der Waals surface area (Å²) in [5.41, 5.74) is 0. The van der Waals surface area contributed by atoms with E-state index in [1.165, 1.54) is 154 Å². The van der Waals surface area contributed by atoms with E-state index in [0.29, 0.717) is 6.42 Å². The summed E-state index contributed by atoms with van der Waals surface area (Å²) in [4.78, 5) is 13.1. The van der Waals surface area contributed by atoms with Crippen LogP contribution in [-0.4, -0.2) is 95.4 Å². The van der Waals surface area contributed by atoms with E-state index in [0.717, 1.165) is 57.8 Å². The number of nitrogens with one attached hydrogen (secondary N) is 1. The molecule has 0 spiro atoms. The molecule has 6 N–H and O–H groups in total. The van der Waals surface area contributed by atoms with Crippen LogP contribution in [0.3, 0.4) is 0 Å². The Morgan fingerprint density at radius 3 is 1.41 bits per heavy atom. The highest BCUT2D eigenvalue weighted by Gasteiger charge is 2.48. The van der Waals surface area contributed by atoms with Gasteiger partial charge in [0, 0.05) is 6.42 Å². The molecule has 0 aromatic rings. The van der Waals surface area contributed by atoms with Crippen LogP contribution in [0.15, 0.2) is 24.3 Å². The first-order valence-corrected chi connectivity index (χ1v) is 27.6. The Morgan fingerprint density at radius 2 is 1.00 bits per heavy atom. The van der Waals surface area contributed by atoms with E-state index < -0.39 is 59.9 Å². The molecule has 1 heterocycles. The standard InChI is InChI=1S/C51H97NO11S/c1-3-5-7-9-11-13-15-17-19-21-22-23-24-25-26-28-30-32-34-36-38-40-45(54)44(43-61-51-49(57)50(63-64(58,59)60)48(56)46(42-53)62-51)52-47(55)41-39-37-35-33-31-29-27-20-18-16-14-12-10-8-6-4-2/h20,27,38,40,44-46,48-51,53-54,56-57H,3-19,21-26,28-37,39,41-43H2,1-2H3,(H,52,55)(H,58,59,60)/b27-20-,40-38+. The molecule has 1 aliphatic heterocycles. The summed E-state index contributed by atoms with van der Waals surface area (Å²) in [5, 5.41) is 44.8. The summed E-state index contributed by atoms with van der Waals surface area (Å²) in [6.07, 6.45) is 40.7. The quantitative estimate of drug-likeness (QED) is 0.0193. The van der Waals surface area contributed by atoms with E-state index in [9.17, 15) is 38.2 Å². The Kier molecular flexibility index (Phi) is 39.5. The molecule has 12 nitrogen and oxygen atoms in total. The van der Waals surface area contributed by atoms with Crippen molar-refractivity contribution in [2.24, 2.45) is 0 Å². The molecule has 1 rings (SSSR count). The molecule has 0 radical (unpaired) electrons. The molecule has 1 fully saturated rings. The first-order chi connectivity index (χ1) is 31.0. The van der Waals surface area contributed by atoms with Crippen molar-refractivity contribution in [3.05, 3.63) is 24.3 Å². The number of allylic oxidation sites excluding steroid dienone is 3. The molecule has 7 unspecified atom stereocenters. The second-order valence-electron chi connectivity index (χ2n) is 18.5. The number of rotatable bonds is 45. The Hall–Kier alpha value is -1.42. The van der Waals surface area contributed by atoms with Gasteiger partial charge in [0.25, 0.3) is 0 Å². The van der Waals surface area contributed by atoms with E-state index >= 15 is 0 Å². The van der Waals surface area contributed by atoms with E-state index in [4.69, 9.17) is 9.47 Å². The molecule has 0 aliphatic carbocycles. The van der Waals surface area contributed by atoms with Gasteiger partial charge in [-0.1, -0.05) is 212 Å². The van der Waals surface area contributed by atoms with Crippen molar-refractivity contribution in [2.75, 3.05) is 13.2 Å². The second kappa shape index (κ2) is 41.7. The predicted molar refractivity (Wildman–Crippen MR) is 259 cm³/mol. The molecular weight excluding hydrogens is 835 g/mol. The van der Waals surface area contributed by atoms with E-state index in [-0.39, 0.29) is 18.9 Å². The molecule has 1 aliphatic rings. The van der Waals surface area contributed by atoms with Gasteiger partial charge >= 0.3 is 10.4 Å². The lowest BCUT2D eigenvalue weighted by molar-refractivity contribution is -0.298. The topological polar surface area (TPSA) is 192 Å². The first-order valence-electron chi connectivity index (χ1n) is 26.2. The van der Waals surface area contributed by atoms with Gasteiger partial charge in [-0.25, -0.2) is 4.18 Å².